The number of carbonyl (C=O) groups is 1. The first kappa shape index (κ1) is 21.4. The van der Waals surface area contributed by atoms with Crippen LogP contribution in [0.4, 0.5) is 17.1 Å². The van der Waals surface area contributed by atoms with Crippen LogP contribution < -0.4 is 15.0 Å². The average molecular weight is 414 g/mol. The summed E-state index contributed by atoms with van der Waals surface area (Å²) < 4.78 is 10.4. The van der Waals surface area contributed by atoms with Gasteiger partial charge in [-0.25, -0.2) is 0 Å². The summed E-state index contributed by atoms with van der Waals surface area (Å²) in [6.45, 7) is 3.23. The van der Waals surface area contributed by atoms with Gasteiger partial charge in [0.15, 0.2) is 0 Å². The first-order valence-corrected chi connectivity index (χ1v) is 9.73. The topological polar surface area (TPSA) is 97.2 Å². The Morgan fingerprint density at radius 3 is 2.53 bits per heavy atom. The van der Waals surface area contributed by atoms with E-state index in [9.17, 15) is 14.9 Å². The van der Waals surface area contributed by atoms with Crippen molar-refractivity contribution in [1.29, 1.82) is 0 Å². The number of anilines is 2. The van der Waals surface area contributed by atoms with Crippen molar-refractivity contribution in [3.8, 4) is 5.75 Å². The number of hydrogen-bond acceptors (Lipinski definition) is 7. The number of nitrogens with zero attached hydrogens (tertiary/aromatic N) is 3. The summed E-state index contributed by atoms with van der Waals surface area (Å²) in [4.78, 5) is 27.8. The molecule has 1 saturated heterocycles. The van der Waals surface area contributed by atoms with Crippen LogP contribution >= 0.6 is 0 Å². The van der Waals surface area contributed by atoms with Crippen LogP contribution in [0.25, 0.3) is 0 Å². The molecule has 30 heavy (non-hydrogen) atoms. The number of nitro groups is 1. The Labute approximate surface area is 175 Å². The molecule has 1 N–H and O–H groups in total. The number of rotatable bonds is 8. The Morgan fingerprint density at radius 2 is 1.87 bits per heavy atom. The first-order chi connectivity index (χ1) is 14.5. The number of carbonyl (C=O) groups excluding carboxylic acids is 1. The fraction of sp³-hybridized carbons (Fsp3) is 0.381. The Bertz CT molecular complexity index is 897. The highest BCUT2D eigenvalue weighted by Crippen LogP contribution is 2.29. The van der Waals surface area contributed by atoms with E-state index >= 15 is 0 Å². The monoisotopic (exact) mass is 414 g/mol. The highest BCUT2D eigenvalue weighted by molar-refractivity contribution is 5.96. The molecule has 1 heterocycles. The van der Waals surface area contributed by atoms with E-state index in [-0.39, 0.29) is 11.6 Å². The number of nitro benzene ring substituents is 1. The van der Waals surface area contributed by atoms with Crippen molar-refractivity contribution in [3.63, 3.8) is 0 Å². The van der Waals surface area contributed by atoms with Crippen LogP contribution in [0.5, 0.6) is 5.75 Å². The summed E-state index contributed by atoms with van der Waals surface area (Å²) >= 11 is 0. The molecule has 160 valence electrons. The zero-order chi connectivity index (χ0) is 21.5. The number of nitrogens with one attached hydrogen (secondary N) is 1. The van der Waals surface area contributed by atoms with Crippen molar-refractivity contribution in [2.24, 2.45) is 0 Å². The molecule has 0 bridgehead atoms. The lowest BCUT2D eigenvalue weighted by atomic mass is 10.1. The van der Waals surface area contributed by atoms with E-state index in [2.05, 4.69) is 10.2 Å². The fourth-order valence-corrected chi connectivity index (χ4v) is 3.48. The SMILES string of the molecule is COCCNc1ccc(C(=O)N2CCN(c3ccccc3OC)CC2)cc1[N+](=O)[O-]. The minimum Gasteiger partial charge on any atom is -0.495 e. The van der Waals surface area contributed by atoms with E-state index in [0.717, 1.165) is 11.4 Å². The van der Waals surface area contributed by atoms with Crippen LogP contribution in [-0.4, -0.2) is 69.3 Å². The van der Waals surface area contributed by atoms with Gasteiger partial charge in [0.05, 0.1) is 24.3 Å². The zero-order valence-electron chi connectivity index (χ0n) is 17.2. The van der Waals surface area contributed by atoms with Gasteiger partial charge in [-0.3, -0.25) is 14.9 Å². The molecule has 1 aliphatic rings. The Balaban J connectivity index is 1.68. The van der Waals surface area contributed by atoms with Gasteiger partial charge in [-0.15, -0.1) is 0 Å². The Kier molecular flexibility index (Phi) is 7.08. The number of benzene rings is 2. The van der Waals surface area contributed by atoms with Gasteiger partial charge in [0, 0.05) is 51.5 Å². The average Bonchev–Trinajstić information content (AvgIpc) is 2.79. The smallest absolute Gasteiger partial charge is 0.293 e. The molecular weight excluding hydrogens is 388 g/mol. The molecule has 0 unspecified atom stereocenters. The molecule has 1 amide bonds. The number of para-hydroxylation sites is 2. The predicted molar refractivity (Wildman–Crippen MR) is 115 cm³/mol. The summed E-state index contributed by atoms with van der Waals surface area (Å²) in [5.41, 5.74) is 1.55. The molecule has 1 fully saturated rings. The molecule has 2 aromatic carbocycles. The summed E-state index contributed by atoms with van der Waals surface area (Å²) in [5, 5.41) is 14.4. The lowest BCUT2D eigenvalue weighted by molar-refractivity contribution is -0.384. The van der Waals surface area contributed by atoms with Crippen LogP contribution in [0.15, 0.2) is 42.5 Å². The molecule has 9 heteroatoms. The molecular formula is C21H26N4O5. The van der Waals surface area contributed by atoms with Crippen LogP contribution in [0.3, 0.4) is 0 Å². The minimum atomic E-state index is -0.481. The Hall–Kier alpha value is -3.33. The third-order valence-corrected chi connectivity index (χ3v) is 5.06. The highest BCUT2D eigenvalue weighted by Gasteiger charge is 2.25. The normalized spacial score (nSPS) is 13.8. The number of amides is 1. The highest BCUT2D eigenvalue weighted by atomic mass is 16.6. The zero-order valence-corrected chi connectivity index (χ0v) is 17.2. The largest absolute Gasteiger partial charge is 0.495 e. The van der Waals surface area contributed by atoms with E-state index in [1.165, 1.54) is 6.07 Å². The maximum Gasteiger partial charge on any atom is 0.293 e. The van der Waals surface area contributed by atoms with Gasteiger partial charge >= 0.3 is 0 Å². The molecule has 3 rings (SSSR count). The molecule has 0 atom stereocenters. The van der Waals surface area contributed by atoms with Gasteiger partial charge < -0.3 is 24.6 Å². The molecule has 0 spiro atoms. The molecule has 0 saturated carbocycles. The van der Waals surface area contributed by atoms with Crippen LogP contribution in [0.2, 0.25) is 0 Å². The minimum absolute atomic E-state index is 0.121. The first-order valence-electron chi connectivity index (χ1n) is 9.73. The third-order valence-electron chi connectivity index (χ3n) is 5.06. The third kappa shape index (κ3) is 4.80. The summed E-state index contributed by atoms with van der Waals surface area (Å²) in [6.07, 6.45) is 0. The quantitative estimate of drug-likeness (QED) is 0.403. The number of piperazine rings is 1. The van der Waals surface area contributed by atoms with Crippen LogP contribution in [-0.2, 0) is 4.74 Å². The van der Waals surface area contributed by atoms with Gasteiger partial charge in [0.1, 0.15) is 11.4 Å². The number of hydrogen-bond donors (Lipinski definition) is 1. The maximum atomic E-state index is 12.9. The van der Waals surface area contributed by atoms with Crippen molar-refractivity contribution < 1.29 is 19.2 Å². The predicted octanol–water partition coefficient (Wildman–Crippen LogP) is 2.62. The standard InChI is InChI=1S/C21H26N4O5/c1-29-14-9-22-17-8-7-16(15-19(17)25(27)28)21(26)24-12-10-23(11-13-24)18-5-3-4-6-20(18)30-2/h3-8,15,22H,9-14H2,1-2H3. The van der Waals surface area contributed by atoms with Gasteiger partial charge in [0.2, 0.25) is 0 Å². The second-order valence-corrected chi connectivity index (χ2v) is 6.86. The van der Waals surface area contributed by atoms with Gasteiger partial charge in [0.25, 0.3) is 11.6 Å². The Morgan fingerprint density at radius 1 is 1.13 bits per heavy atom. The van der Waals surface area contributed by atoms with Crippen molar-refractivity contribution in [2.75, 3.05) is 63.8 Å². The van der Waals surface area contributed by atoms with E-state index in [4.69, 9.17) is 9.47 Å². The molecule has 0 radical (unpaired) electrons. The van der Waals surface area contributed by atoms with Crippen molar-refractivity contribution in [3.05, 3.63) is 58.1 Å². The number of methoxy groups -OCH3 is 2. The second kappa shape index (κ2) is 9.93. The maximum absolute atomic E-state index is 12.9. The van der Waals surface area contributed by atoms with E-state index in [1.807, 2.05) is 24.3 Å². The summed E-state index contributed by atoms with van der Waals surface area (Å²) in [5.74, 6) is 0.589. The lowest BCUT2D eigenvalue weighted by Crippen LogP contribution is -2.48. The van der Waals surface area contributed by atoms with Crippen LogP contribution in [0, 0.1) is 10.1 Å². The van der Waals surface area contributed by atoms with Gasteiger partial charge in [-0.05, 0) is 24.3 Å². The fourth-order valence-electron chi connectivity index (χ4n) is 3.48. The van der Waals surface area contributed by atoms with Gasteiger partial charge in [-0.2, -0.15) is 0 Å². The molecule has 9 nitrogen and oxygen atoms in total. The summed E-state index contributed by atoms with van der Waals surface area (Å²) in [7, 11) is 3.20. The van der Waals surface area contributed by atoms with Crippen molar-refractivity contribution in [1.82, 2.24) is 4.90 Å². The molecule has 2 aromatic rings. The second-order valence-electron chi connectivity index (χ2n) is 6.86. The lowest BCUT2D eigenvalue weighted by Gasteiger charge is -2.36. The summed E-state index contributed by atoms with van der Waals surface area (Å²) in [6, 6.07) is 12.3. The molecule has 0 aromatic heterocycles. The van der Waals surface area contributed by atoms with E-state index < -0.39 is 4.92 Å². The van der Waals surface area contributed by atoms with E-state index in [1.54, 1.807) is 31.3 Å². The number of ether oxygens (including phenoxy) is 2. The van der Waals surface area contributed by atoms with Crippen molar-refractivity contribution >= 4 is 23.0 Å². The van der Waals surface area contributed by atoms with Gasteiger partial charge in [-0.1, -0.05) is 12.1 Å². The molecule has 0 aliphatic carbocycles. The van der Waals surface area contributed by atoms with Crippen LogP contribution in [0.1, 0.15) is 10.4 Å². The molecule has 1 aliphatic heterocycles. The van der Waals surface area contributed by atoms with E-state index in [0.29, 0.717) is 50.6 Å². The van der Waals surface area contributed by atoms with Crippen molar-refractivity contribution in [2.45, 2.75) is 0 Å².